The highest BCUT2D eigenvalue weighted by Crippen LogP contribution is 2.32. The van der Waals surface area contributed by atoms with Crippen LogP contribution in [0.5, 0.6) is 0 Å². The molecule has 1 amide bonds. The number of hydroxylamine groups is 2. The molecular formula is C27H29NO2S2. The molecular weight excluding hydrogens is 434 g/mol. The minimum absolute atomic E-state index is 0.0156. The molecule has 1 aliphatic heterocycles. The second-order valence-corrected chi connectivity index (χ2v) is 10.1. The van der Waals surface area contributed by atoms with Crippen molar-refractivity contribution in [2.24, 2.45) is 5.92 Å². The third-order valence-electron chi connectivity index (χ3n) is 5.52. The Hall–Kier alpha value is -2.21. The zero-order valence-corrected chi connectivity index (χ0v) is 19.8. The highest BCUT2D eigenvalue weighted by molar-refractivity contribution is 7.98. The van der Waals surface area contributed by atoms with Crippen molar-refractivity contribution >= 4 is 29.4 Å². The van der Waals surface area contributed by atoms with Gasteiger partial charge in [0, 0.05) is 23.0 Å². The number of rotatable bonds is 11. The molecule has 4 rings (SSSR count). The first-order valence-electron chi connectivity index (χ1n) is 11.0. The Balaban J connectivity index is 1.33. The molecule has 0 N–H and O–H groups in total. The highest BCUT2D eigenvalue weighted by atomic mass is 32.2. The molecule has 0 aromatic heterocycles. The van der Waals surface area contributed by atoms with Crippen LogP contribution < -0.4 is 0 Å². The Morgan fingerprint density at radius 3 is 1.78 bits per heavy atom. The van der Waals surface area contributed by atoms with Gasteiger partial charge in [-0.2, -0.15) is 23.5 Å². The average molecular weight is 464 g/mol. The molecule has 0 aliphatic carbocycles. The Labute approximate surface area is 199 Å². The van der Waals surface area contributed by atoms with E-state index in [1.54, 1.807) is 5.06 Å². The largest absolute Gasteiger partial charge is 0.272 e. The average Bonchev–Trinajstić information content (AvgIpc) is 3.14. The topological polar surface area (TPSA) is 29.5 Å². The fourth-order valence-corrected chi connectivity index (χ4v) is 6.03. The molecule has 0 spiro atoms. The van der Waals surface area contributed by atoms with Crippen molar-refractivity contribution < 1.29 is 9.63 Å². The van der Waals surface area contributed by atoms with Gasteiger partial charge in [0.15, 0.2) is 0 Å². The van der Waals surface area contributed by atoms with E-state index in [1.807, 2.05) is 66.0 Å². The molecule has 0 radical (unpaired) electrons. The van der Waals surface area contributed by atoms with Crippen molar-refractivity contribution in [2.45, 2.75) is 30.6 Å². The van der Waals surface area contributed by atoms with Crippen LogP contribution in [-0.4, -0.2) is 28.5 Å². The van der Waals surface area contributed by atoms with E-state index < -0.39 is 0 Å². The van der Waals surface area contributed by atoms with Crippen LogP contribution in [0.2, 0.25) is 0 Å². The van der Waals surface area contributed by atoms with Gasteiger partial charge in [-0.3, -0.25) is 9.63 Å². The van der Waals surface area contributed by atoms with Crippen LogP contribution in [-0.2, 0) is 27.7 Å². The van der Waals surface area contributed by atoms with E-state index in [0.717, 1.165) is 35.0 Å². The van der Waals surface area contributed by atoms with Crippen LogP contribution in [0, 0.1) is 5.92 Å². The fourth-order valence-electron chi connectivity index (χ4n) is 3.83. The standard InChI is InChI=1S/C27H29NO2S2/c29-27-25(20-31-18-23-12-6-2-7-13-23)16-26(21-32-19-24-14-8-3-9-15-24)28(27)30-17-22-10-4-1-5-11-22/h1-15,25-26H,16-21H2/t25-,26+/m1/s1. The van der Waals surface area contributed by atoms with Gasteiger partial charge in [0.25, 0.3) is 0 Å². The first-order valence-corrected chi connectivity index (χ1v) is 13.3. The number of nitrogens with zero attached hydrogens (tertiary/aromatic N) is 1. The summed E-state index contributed by atoms with van der Waals surface area (Å²) in [5, 5.41) is 1.68. The van der Waals surface area contributed by atoms with Crippen LogP contribution in [0.3, 0.4) is 0 Å². The molecule has 0 saturated carbocycles. The number of thioether (sulfide) groups is 2. The molecule has 2 atom stereocenters. The number of carbonyl (C=O) groups is 1. The third-order valence-corrected chi connectivity index (χ3v) is 7.85. The monoisotopic (exact) mass is 463 g/mol. The normalized spacial score (nSPS) is 18.2. The van der Waals surface area contributed by atoms with E-state index in [9.17, 15) is 4.79 Å². The summed E-state index contributed by atoms with van der Waals surface area (Å²) in [4.78, 5) is 19.3. The molecule has 3 aromatic rings. The van der Waals surface area contributed by atoms with Gasteiger partial charge >= 0.3 is 0 Å². The maximum Gasteiger partial charge on any atom is 0.250 e. The van der Waals surface area contributed by atoms with Crippen LogP contribution in [0.4, 0.5) is 0 Å². The number of benzene rings is 3. The summed E-state index contributed by atoms with van der Waals surface area (Å²) in [5.41, 5.74) is 3.70. The van der Waals surface area contributed by atoms with Crippen LogP contribution in [0.25, 0.3) is 0 Å². The van der Waals surface area contributed by atoms with E-state index in [2.05, 4.69) is 48.5 Å². The zero-order valence-electron chi connectivity index (χ0n) is 18.1. The third kappa shape index (κ3) is 6.64. The van der Waals surface area contributed by atoms with Gasteiger partial charge in [-0.1, -0.05) is 91.0 Å². The lowest BCUT2D eigenvalue weighted by Crippen LogP contribution is -2.35. The summed E-state index contributed by atoms with van der Waals surface area (Å²) < 4.78 is 0. The number of hydrogen-bond donors (Lipinski definition) is 0. The maximum atomic E-state index is 13.2. The lowest BCUT2D eigenvalue weighted by Gasteiger charge is -2.23. The summed E-state index contributed by atoms with van der Waals surface area (Å²) in [5.74, 6) is 3.75. The van der Waals surface area contributed by atoms with Gasteiger partial charge in [-0.25, -0.2) is 5.06 Å². The minimum atomic E-state index is 0.0156. The first-order chi connectivity index (χ1) is 15.8. The predicted octanol–water partition coefficient (Wildman–Crippen LogP) is 6.20. The SMILES string of the molecule is O=C1[C@@H](CSCc2ccccc2)C[C@@H](CSCc2ccccc2)N1OCc1ccccc1. The van der Waals surface area contributed by atoms with Gasteiger partial charge in [-0.05, 0) is 23.1 Å². The molecule has 1 heterocycles. The van der Waals surface area contributed by atoms with Gasteiger partial charge in [0.1, 0.15) is 6.61 Å². The van der Waals surface area contributed by atoms with Crippen molar-refractivity contribution in [2.75, 3.05) is 11.5 Å². The molecule has 32 heavy (non-hydrogen) atoms. The summed E-state index contributed by atoms with van der Waals surface area (Å²) in [6, 6.07) is 31.1. The molecule has 3 aromatic carbocycles. The molecule has 1 fully saturated rings. The van der Waals surface area contributed by atoms with Crippen LogP contribution in [0.15, 0.2) is 91.0 Å². The zero-order chi connectivity index (χ0) is 22.0. The Kier molecular flexibility index (Phi) is 8.71. The van der Waals surface area contributed by atoms with E-state index in [4.69, 9.17) is 4.84 Å². The van der Waals surface area contributed by atoms with Crippen molar-refractivity contribution in [1.29, 1.82) is 0 Å². The van der Waals surface area contributed by atoms with Crippen molar-refractivity contribution in [1.82, 2.24) is 5.06 Å². The Bertz CT molecular complexity index is 953. The molecule has 1 saturated heterocycles. The van der Waals surface area contributed by atoms with Crippen molar-refractivity contribution in [3.05, 3.63) is 108 Å². The molecule has 0 unspecified atom stereocenters. The molecule has 0 bridgehead atoms. The van der Waals surface area contributed by atoms with Crippen molar-refractivity contribution in [3.8, 4) is 0 Å². The number of amides is 1. The molecule has 5 heteroatoms. The summed E-state index contributed by atoms with van der Waals surface area (Å²) in [6.07, 6.45) is 0.858. The van der Waals surface area contributed by atoms with Gasteiger partial charge in [-0.15, -0.1) is 0 Å². The van der Waals surface area contributed by atoms with E-state index in [0.29, 0.717) is 6.61 Å². The van der Waals surface area contributed by atoms with Gasteiger partial charge in [0.2, 0.25) is 5.91 Å². The molecule has 166 valence electrons. The summed E-state index contributed by atoms with van der Waals surface area (Å²) in [6.45, 7) is 0.427. The highest BCUT2D eigenvalue weighted by Gasteiger charge is 2.40. The van der Waals surface area contributed by atoms with E-state index in [1.165, 1.54) is 11.1 Å². The van der Waals surface area contributed by atoms with Gasteiger partial charge < -0.3 is 0 Å². The van der Waals surface area contributed by atoms with Crippen LogP contribution in [0.1, 0.15) is 23.1 Å². The predicted molar refractivity (Wildman–Crippen MR) is 135 cm³/mol. The Morgan fingerprint density at radius 1 is 0.719 bits per heavy atom. The molecule has 1 aliphatic rings. The lowest BCUT2D eigenvalue weighted by atomic mass is 10.1. The van der Waals surface area contributed by atoms with E-state index >= 15 is 0 Å². The number of hydrogen-bond acceptors (Lipinski definition) is 4. The summed E-state index contributed by atoms with van der Waals surface area (Å²) >= 11 is 3.71. The Morgan fingerprint density at radius 2 is 1.22 bits per heavy atom. The quantitative estimate of drug-likeness (QED) is 0.338. The second kappa shape index (κ2) is 12.1. The van der Waals surface area contributed by atoms with E-state index in [-0.39, 0.29) is 17.9 Å². The van der Waals surface area contributed by atoms with Crippen molar-refractivity contribution in [3.63, 3.8) is 0 Å². The fraction of sp³-hybridized carbons (Fsp3) is 0.296. The minimum Gasteiger partial charge on any atom is -0.272 e. The smallest absolute Gasteiger partial charge is 0.250 e. The molecule has 3 nitrogen and oxygen atoms in total. The second-order valence-electron chi connectivity index (χ2n) is 8.01. The summed E-state index contributed by atoms with van der Waals surface area (Å²) in [7, 11) is 0. The maximum absolute atomic E-state index is 13.2. The lowest BCUT2D eigenvalue weighted by molar-refractivity contribution is -0.193. The van der Waals surface area contributed by atoms with Gasteiger partial charge in [0.05, 0.1) is 12.0 Å². The number of carbonyl (C=O) groups excluding carboxylic acids is 1. The first kappa shape index (κ1) is 23.0. The van der Waals surface area contributed by atoms with Crippen LogP contribution >= 0.6 is 23.5 Å².